The highest BCUT2D eigenvalue weighted by Gasteiger charge is 2.26. The molecule has 0 spiro atoms. The fourth-order valence-corrected chi connectivity index (χ4v) is 2.24. The van der Waals surface area contributed by atoms with Gasteiger partial charge in [-0.2, -0.15) is 0 Å². The average molecular weight is 219 g/mol. The summed E-state index contributed by atoms with van der Waals surface area (Å²) in [6.45, 7) is 5.41. The monoisotopic (exact) mass is 219 g/mol. The quantitative estimate of drug-likeness (QED) is 0.775. The van der Waals surface area contributed by atoms with Crippen molar-refractivity contribution in [2.75, 3.05) is 0 Å². The summed E-state index contributed by atoms with van der Waals surface area (Å²) in [7, 11) is 0. The van der Waals surface area contributed by atoms with Gasteiger partial charge in [-0.3, -0.25) is 4.98 Å². The van der Waals surface area contributed by atoms with Crippen LogP contribution in [0.15, 0.2) is 24.5 Å². The van der Waals surface area contributed by atoms with Crippen LogP contribution in [0.2, 0.25) is 0 Å². The van der Waals surface area contributed by atoms with Gasteiger partial charge in [0.2, 0.25) is 0 Å². The molecule has 0 bridgehead atoms. The zero-order chi connectivity index (χ0) is 11.4. The minimum atomic E-state index is 0.452. The minimum Gasteiger partial charge on any atom is -0.373 e. The van der Waals surface area contributed by atoms with E-state index in [-0.39, 0.29) is 0 Å². The zero-order valence-electron chi connectivity index (χ0n) is 10.3. The third-order valence-corrected chi connectivity index (χ3v) is 3.49. The van der Waals surface area contributed by atoms with Crippen molar-refractivity contribution in [3.05, 3.63) is 30.1 Å². The van der Waals surface area contributed by atoms with Crippen molar-refractivity contribution >= 4 is 0 Å². The number of aromatic nitrogens is 1. The van der Waals surface area contributed by atoms with Crippen molar-refractivity contribution in [1.82, 2.24) is 4.98 Å². The molecule has 1 aromatic rings. The molecule has 0 N–H and O–H groups in total. The number of hydrogen-bond acceptors (Lipinski definition) is 2. The molecular weight excluding hydrogens is 198 g/mol. The van der Waals surface area contributed by atoms with E-state index in [0.29, 0.717) is 18.1 Å². The number of pyridine rings is 1. The summed E-state index contributed by atoms with van der Waals surface area (Å²) in [4.78, 5) is 4.09. The van der Waals surface area contributed by atoms with Crippen molar-refractivity contribution in [3.63, 3.8) is 0 Å². The second-order valence-corrected chi connectivity index (χ2v) is 5.54. The van der Waals surface area contributed by atoms with Gasteiger partial charge >= 0.3 is 0 Å². The maximum Gasteiger partial charge on any atom is 0.0735 e. The molecule has 2 heteroatoms. The smallest absolute Gasteiger partial charge is 0.0735 e. The molecule has 2 rings (SSSR count). The van der Waals surface area contributed by atoms with Gasteiger partial charge in [0.25, 0.3) is 0 Å². The Morgan fingerprint density at radius 1 is 1.38 bits per heavy atom. The predicted molar refractivity (Wildman–Crippen MR) is 65.1 cm³/mol. The molecule has 0 radical (unpaired) electrons. The van der Waals surface area contributed by atoms with Gasteiger partial charge in [-0.25, -0.2) is 0 Å². The Hall–Kier alpha value is -0.890. The molecule has 0 atom stereocenters. The second kappa shape index (κ2) is 4.96. The minimum absolute atomic E-state index is 0.452. The van der Waals surface area contributed by atoms with Crippen LogP contribution in [0.1, 0.15) is 45.1 Å². The van der Waals surface area contributed by atoms with E-state index in [1.807, 2.05) is 12.3 Å². The van der Waals surface area contributed by atoms with Crippen LogP contribution in [0.3, 0.4) is 0 Å². The molecule has 2 nitrogen and oxygen atoms in total. The highest BCUT2D eigenvalue weighted by atomic mass is 16.5. The van der Waals surface area contributed by atoms with Gasteiger partial charge in [-0.1, -0.05) is 19.9 Å². The molecule has 1 aromatic heterocycles. The molecular formula is C14H21NO. The van der Waals surface area contributed by atoms with Gasteiger partial charge in [-0.05, 0) is 42.7 Å². The van der Waals surface area contributed by atoms with Crippen molar-refractivity contribution in [1.29, 1.82) is 0 Å². The van der Waals surface area contributed by atoms with Gasteiger partial charge in [0.15, 0.2) is 0 Å². The summed E-state index contributed by atoms with van der Waals surface area (Å²) in [5, 5.41) is 0. The summed E-state index contributed by atoms with van der Waals surface area (Å²) >= 11 is 0. The molecule has 0 aliphatic heterocycles. The topological polar surface area (TPSA) is 22.1 Å². The molecule has 16 heavy (non-hydrogen) atoms. The van der Waals surface area contributed by atoms with Crippen molar-refractivity contribution in [2.45, 2.75) is 52.2 Å². The lowest BCUT2D eigenvalue weighted by Gasteiger charge is -2.34. The summed E-state index contributed by atoms with van der Waals surface area (Å²) in [6.07, 6.45) is 9.10. The Morgan fingerprint density at radius 3 is 2.75 bits per heavy atom. The van der Waals surface area contributed by atoms with E-state index < -0.39 is 0 Å². The van der Waals surface area contributed by atoms with E-state index in [1.54, 1.807) is 6.20 Å². The van der Waals surface area contributed by atoms with Crippen LogP contribution in [-0.2, 0) is 11.3 Å². The third kappa shape index (κ3) is 3.31. The van der Waals surface area contributed by atoms with E-state index in [1.165, 1.54) is 31.2 Å². The second-order valence-electron chi connectivity index (χ2n) is 5.54. The number of ether oxygens (including phenoxy) is 1. The Kier molecular flexibility index (Phi) is 3.59. The fraction of sp³-hybridized carbons (Fsp3) is 0.643. The van der Waals surface area contributed by atoms with E-state index in [2.05, 4.69) is 24.9 Å². The summed E-state index contributed by atoms with van der Waals surface area (Å²) in [5.41, 5.74) is 1.70. The number of nitrogens with zero attached hydrogens (tertiary/aromatic N) is 1. The van der Waals surface area contributed by atoms with E-state index in [9.17, 15) is 0 Å². The van der Waals surface area contributed by atoms with Crippen LogP contribution in [0, 0.1) is 5.41 Å². The summed E-state index contributed by atoms with van der Waals surface area (Å²) in [6, 6.07) is 4.03. The van der Waals surface area contributed by atoms with Crippen LogP contribution in [0.25, 0.3) is 0 Å². The standard InChI is InChI=1S/C14H21NO/c1-14(2)7-5-13(6-8-14)16-11-12-4-3-9-15-10-12/h3-4,9-10,13H,5-8,11H2,1-2H3. The van der Waals surface area contributed by atoms with Crippen molar-refractivity contribution in [2.24, 2.45) is 5.41 Å². The molecule has 0 unspecified atom stereocenters. The van der Waals surface area contributed by atoms with Crippen LogP contribution < -0.4 is 0 Å². The molecule has 88 valence electrons. The molecule has 0 aromatic carbocycles. The van der Waals surface area contributed by atoms with Crippen LogP contribution >= 0.6 is 0 Å². The Balaban J connectivity index is 1.76. The SMILES string of the molecule is CC1(C)CCC(OCc2cccnc2)CC1. The molecule has 1 saturated carbocycles. The first-order chi connectivity index (χ1) is 7.66. The first-order valence-corrected chi connectivity index (χ1v) is 6.16. The Labute approximate surface area is 98.0 Å². The highest BCUT2D eigenvalue weighted by Crippen LogP contribution is 2.36. The fourth-order valence-electron chi connectivity index (χ4n) is 2.24. The van der Waals surface area contributed by atoms with Crippen LogP contribution in [-0.4, -0.2) is 11.1 Å². The van der Waals surface area contributed by atoms with E-state index in [0.717, 1.165) is 0 Å². The molecule has 0 amide bonds. The zero-order valence-corrected chi connectivity index (χ0v) is 10.3. The molecule has 1 heterocycles. The van der Waals surface area contributed by atoms with Gasteiger partial charge in [0.05, 0.1) is 12.7 Å². The van der Waals surface area contributed by atoms with E-state index in [4.69, 9.17) is 4.74 Å². The number of rotatable bonds is 3. The maximum atomic E-state index is 5.92. The van der Waals surface area contributed by atoms with Gasteiger partial charge < -0.3 is 4.74 Å². The normalized spacial score (nSPS) is 20.9. The molecule has 1 aliphatic rings. The lowest BCUT2D eigenvalue weighted by Crippen LogP contribution is -2.26. The average Bonchev–Trinajstić information content (AvgIpc) is 2.29. The van der Waals surface area contributed by atoms with Crippen molar-refractivity contribution < 1.29 is 4.74 Å². The third-order valence-electron chi connectivity index (χ3n) is 3.49. The van der Waals surface area contributed by atoms with Gasteiger partial charge in [0.1, 0.15) is 0 Å². The molecule has 1 fully saturated rings. The first kappa shape index (κ1) is 11.6. The van der Waals surface area contributed by atoms with Crippen LogP contribution in [0.5, 0.6) is 0 Å². The predicted octanol–water partition coefficient (Wildman–Crippen LogP) is 3.57. The largest absolute Gasteiger partial charge is 0.373 e. The molecule has 1 aliphatic carbocycles. The summed E-state index contributed by atoms with van der Waals surface area (Å²) < 4.78 is 5.92. The molecule has 0 saturated heterocycles. The number of hydrogen-bond donors (Lipinski definition) is 0. The van der Waals surface area contributed by atoms with Crippen molar-refractivity contribution in [3.8, 4) is 0 Å². The summed E-state index contributed by atoms with van der Waals surface area (Å²) in [5.74, 6) is 0. The first-order valence-electron chi connectivity index (χ1n) is 6.16. The van der Waals surface area contributed by atoms with E-state index >= 15 is 0 Å². The maximum absolute atomic E-state index is 5.92. The lowest BCUT2D eigenvalue weighted by atomic mass is 9.76. The Morgan fingerprint density at radius 2 is 2.12 bits per heavy atom. The highest BCUT2D eigenvalue weighted by molar-refractivity contribution is 5.06. The van der Waals surface area contributed by atoms with Gasteiger partial charge in [-0.15, -0.1) is 0 Å². The Bertz CT molecular complexity index is 311. The lowest BCUT2D eigenvalue weighted by molar-refractivity contribution is -0.00568. The van der Waals surface area contributed by atoms with Gasteiger partial charge in [0, 0.05) is 12.4 Å². The van der Waals surface area contributed by atoms with Crippen LogP contribution in [0.4, 0.5) is 0 Å².